The number of benzene rings is 2. The standard InChI is InChI=1S/C17H17BrN2O3/c1-12-7-8-15(14(18)9-12)20-17(21)11-23-19-10-13-5-3-4-6-16(13)22-2/h3-10H,11H2,1-2H3,(H,20,21)/b19-10-. The maximum absolute atomic E-state index is 11.8. The van der Waals surface area contributed by atoms with Gasteiger partial charge in [-0.2, -0.15) is 0 Å². The highest BCUT2D eigenvalue weighted by Gasteiger charge is 2.06. The van der Waals surface area contributed by atoms with Crippen molar-refractivity contribution in [3.8, 4) is 5.75 Å². The number of hydrogen-bond acceptors (Lipinski definition) is 4. The van der Waals surface area contributed by atoms with E-state index in [1.165, 1.54) is 6.21 Å². The highest BCUT2D eigenvalue weighted by Crippen LogP contribution is 2.23. The second kappa shape index (κ2) is 8.33. The quantitative estimate of drug-likeness (QED) is 0.616. The van der Waals surface area contributed by atoms with E-state index in [-0.39, 0.29) is 12.5 Å². The Kier molecular flexibility index (Phi) is 6.17. The zero-order chi connectivity index (χ0) is 16.7. The summed E-state index contributed by atoms with van der Waals surface area (Å²) in [6.45, 7) is 1.80. The predicted molar refractivity (Wildman–Crippen MR) is 94.0 cm³/mol. The molecule has 6 heteroatoms. The highest BCUT2D eigenvalue weighted by atomic mass is 79.9. The van der Waals surface area contributed by atoms with E-state index in [0.29, 0.717) is 11.4 Å². The van der Waals surface area contributed by atoms with Crippen LogP contribution in [0.25, 0.3) is 0 Å². The fraction of sp³-hybridized carbons (Fsp3) is 0.176. The molecule has 0 aromatic heterocycles. The average Bonchev–Trinajstić information content (AvgIpc) is 2.54. The molecular formula is C17H17BrN2O3. The number of anilines is 1. The van der Waals surface area contributed by atoms with Crippen molar-refractivity contribution in [2.75, 3.05) is 19.0 Å². The van der Waals surface area contributed by atoms with Gasteiger partial charge in [0.1, 0.15) is 5.75 Å². The molecule has 23 heavy (non-hydrogen) atoms. The Bertz CT molecular complexity index is 717. The fourth-order valence-corrected chi connectivity index (χ4v) is 2.46. The van der Waals surface area contributed by atoms with Gasteiger partial charge in [-0.05, 0) is 52.7 Å². The molecule has 0 saturated heterocycles. The molecule has 0 saturated carbocycles. The Hall–Kier alpha value is -2.34. The van der Waals surface area contributed by atoms with E-state index >= 15 is 0 Å². The monoisotopic (exact) mass is 376 g/mol. The van der Waals surface area contributed by atoms with Crippen LogP contribution in [0.1, 0.15) is 11.1 Å². The molecule has 0 bridgehead atoms. The van der Waals surface area contributed by atoms with Crippen molar-refractivity contribution >= 4 is 33.7 Å². The second-order valence-electron chi connectivity index (χ2n) is 4.78. The Morgan fingerprint density at radius 3 is 2.83 bits per heavy atom. The maximum atomic E-state index is 11.8. The van der Waals surface area contributed by atoms with Gasteiger partial charge >= 0.3 is 0 Å². The van der Waals surface area contributed by atoms with E-state index in [1.54, 1.807) is 7.11 Å². The fourth-order valence-electron chi connectivity index (χ4n) is 1.87. The maximum Gasteiger partial charge on any atom is 0.265 e. The molecule has 5 nitrogen and oxygen atoms in total. The van der Waals surface area contributed by atoms with Crippen LogP contribution in [-0.2, 0) is 9.63 Å². The first kappa shape index (κ1) is 17.0. The van der Waals surface area contributed by atoms with Gasteiger partial charge in [0, 0.05) is 10.0 Å². The van der Waals surface area contributed by atoms with Crippen LogP contribution in [0, 0.1) is 6.92 Å². The third-order valence-electron chi connectivity index (χ3n) is 3.00. The van der Waals surface area contributed by atoms with E-state index < -0.39 is 0 Å². The minimum Gasteiger partial charge on any atom is -0.496 e. The van der Waals surface area contributed by atoms with E-state index in [1.807, 2.05) is 49.4 Å². The third kappa shape index (κ3) is 5.10. The number of para-hydroxylation sites is 1. The number of oxime groups is 1. The summed E-state index contributed by atoms with van der Waals surface area (Å²) < 4.78 is 6.02. The van der Waals surface area contributed by atoms with Gasteiger partial charge in [0.25, 0.3) is 5.91 Å². The Balaban J connectivity index is 1.86. The summed E-state index contributed by atoms with van der Waals surface area (Å²) >= 11 is 3.40. The third-order valence-corrected chi connectivity index (χ3v) is 3.66. The van der Waals surface area contributed by atoms with E-state index in [4.69, 9.17) is 9.57 Å². The van der Waals surface area contributed by atoms with E-state index in [0.717, 1.165) is 15.6 Å². The van der Waals surface area contributed by atoms with Crippen LogP contribution >= 0.6 is 15.9 Å². The number of halogens is 1. The summed E-state index contributed by atoms with van der Waals surface area (Å²) in [5.41, 5.74) is 2.57. The lowest BCUT2D eigenvalue weighted by atomic mass is 10.2. The number of aryl methyl sites for hydroxylation is 1. The van der Waals surface area contributed by atoms with Crippen LogP contribution in [-0.4, -0.2) is 25.8 Å². The highest BCUT2D eigenvalue weighted by molar-refractivity contribution is 9.10. The molecule has 0 aliphatic rings. The number of nitrogens with one attached hydrogen (secondary N) is 1. The molecule has 0 heterocycles. The summed E-state index contributed by atoms with van der Waals surface area (Å²) in [5.74, 6) is 0.402. The van der Waals surface area contributed by atoms with Crippen molar-refractivity contribution in [1.29, 1.82) is 0 Å². The summed E-state index contributed by atoms with van der Waals surface area (Å²) in [7, 11) is 1.58. The van der Waals surface area contributed by atoms with Gasteiger partial charge in [-0.1, -0.05) is 23.4 Å². The topological polar surface area (TPSA) is 59.9 Å². The molecular weight excluding hydrogens is 360 g/mol. The molecule has 2 aromatic rings. The van der Waals surface area contributed by atoms with Crippen LogP contribution in [0.3, 0.4) is 0 Å². The van der Waals surface area contributed by atoms with Crippen molar-refractivity contribution in [2.45, 2.75) is 6.92 Å². The zero-order valence-electron chi connectivity index (χ0n) is 12.9. The number of hydrogen-bond donors (Lipinski definition) is 1. The first-order chi connectivity index (χ1) is 11.1. The molecule has 0 aliphatic heterocycles. The van der Waals surface area contributed by atoms with Gasteiger partial charge in [-0.25, -0.2) is 0 Å². The first-order valence-corrected chi connectivity index (χ1v) is 7.74. The van der Waals surface area contributed by atoms with Crippen molar-refractivity contribution < 1.29 is 14.4 Å². The lowest BCUT2D eigenvalue weighted by Crippen LogP contribution is -2.17. The van der Waals surface area contributed by atoms with Crippen LogP contribution < -0.4 is 10.1 Å². The summed E-state index contributed by atoms with van der Waals surface area (Å²) in [4.78, 5) is 16.8. The van der Waals surface area contributed by atoms with Gasteiger partial charge in [0.2, 0.25) is 0 Å². The number of rotatable bonds is 6. The van der Waals surface area contributed by atoms with Gasteiger partial charge in [-0.15, -0.1) is 0 Å². The normalized spacial score (nSPS) is 10.6. The summed E-state index contributed by atoms with van der Waals surface area (Å²) in [6, 6.07) is 13.1. The largest absolute Gasteiger partial charge is 0.496 e. The lowest BCUT2D eigenvalue weighted by Gasteiger charge is -2.07. The number of carbonyl (C=O) groups excluding carboxylic acids is 1. The number of methoxy groups -OCH3 is 1. The molecule has 120 valence electrons. The number of ether oxygens (including phenoxy) is 1. The molecule has 1 N–H and O–H groups in total. The van der Waals surface area contributed by atoms with Crippen molar-refractivity contribution in [2.24, 2.45) is 5.16 Å². The SMILES string of the molecule is COc1ccccc1/C=N\OCC(=O)Nc1ccc(C)cc1Br. The molecule has 0 fully saturated rings. The molecule has 0 unspecified atom stereocenters. The summed E-state index contributed by atoms with van der Waals surface area (Å²) in [6.07, 6.45) is 1.51. The second-order valence-corrected chi connectivity index (χ2v) is 5.64. The smallest absolute Gasteiger partial charge is 0.265 e. The number of carbonyl (C=O) groups is 1. The van der Waals surface area contributed by atoms with Gasteiger partial charge < -0.3 is 14.9 Å². The lowest BCUT2D eigenvalue weighted by molar-refractivity contribution is -0.120. The molecule has 0 atom stereocenters. The predicted octanol–water partition coefficient (Wildman–Crippen LogP) is 3.76. The molecule has 0 radical (unpaired) electrons. The van der Waals surface area contributed by atoms with Crippen LogP contribution in [0.15, 0.2) is 52.1 Å². The van der Waals surface area contributed by atoms with Gasteiger partial charge in [-0.3, -0.25) is 4.79 Å². The molecule has 0 aliphatic carbocycles. The van der Waals surface area contributed by atoms with Crippen molar-refractivity contribution in [3.63, 3.8) is 0 Å². The summed E-state index contributed by atoms with van der Waals surface area (Å²) in [5, 5.41) is 6.54. The Morgan fingerprint density at radius 1 is 1.30 bits per heavy atom. The Morgan fingerprint density at radius 2 is 2.09 bits per heavy atom. The average molecular weight is 377 g/mol. The van der Waals surface area contributed by atoms with E-state index in [9.17, 15) is 4.79 Å². The molecule has 2 rings (SSSR count). The zero-order valence-corrected chi connectivity index (χ0v) is 14.5. The number of nitrogens with zero attached hydrogens (tertiary/aromatic N) is 1. The van der Waals surface area contributed by atoms with Crippen molar-refractivity contribution in [3.05, 3.63) is 58.1 Å². The first-order valence-electron chi connectivity index (χ1n) is 6.94. The van der Waals surface area contributed by atoms with Crippen LogP contribution in [0.4, 0.5) is 5.69 Å². The van der Waals surface area contributed by atoms with Crippen LogP contribution in [0.5, 0.6) is 5.75 Å². The minimum atomic E-state index is -0.285. The number of amides is 1. The van der Waals surface area contributed by atoms with Crippen LogP contribution in [0.2, 0.25) is 0 Å². The molecule has 2 aromatic carbocycles. The Labute approximate surface area is 143 Å². The van der Waals surface area contributed by atoms with Gasteiger partial charge in [0.15, 0.2) is 6.61 Å². The minimum absolute atomic E-state index is 0.175. The van der Waals surface area contributed by atoms with Crippen molar-refractivity contribution in [1.82, 2.24) is 0 Å². The molecule has 0 spiro atoms. The van der Waals surface area contributed by atoms with Gasteiger partial charge in [0.05, 0.1) is 19.0 Å². The molecule has 1 amide bonds. The van der Waals surface area contributed by atoms with E-state index in [2.05, 4.69) is 26.4 Å².